The van der Waals surface area contributed by atoms with Crippen LogP contribution in [0, 0.1) is 5.92 Å². The zero-order valence-corrected chi connectivity index (χ0v) is 15.4. The Kier molecular flexibility index (Phi) is 5.35. The number of piperidine rings is 1. The normalized spacial score (nSPS) is 23.9. The molecule has 0 unspecified atom stereocenters. The summed E-state index contributed by atoms with van der Waals surface area (Å²) in [5.41, 5.74) is 2.71. The van der Waals surface area contributed by atoms with Crippen molar-refractivity contribution in [2.24, 2.45) is 5.92 Å². The van der Waals surface area contributed by atoms with Gasteiger partial charge in [0.05, 0.1) is 5.92 Å². The van der Waals surface area contributed by atoms with Gasteiger partial charge in [0.2, 0.25) is 5.91 Å². The molecule has 3 nitrogen and oxygen atoms in total. The van der Waals surface area contributed by atoms with E-state index in [1.807, 2.05) is 0 Å². The molecule has 26 heavy (non-hydrogen) atoms. The number of carbonyl (C=O) groups is 1. The molecule has 2 aliphatic rings. The van der Waals surface area contributed by atoms with Gasteiger partial charge in [0.15, 0.2) is 0 Å². The molecule has 2 aromatic carbocycles. The molecule has 0 bridgehead atoms. The first kappa shape index (κ1) is 17.3. The molecule has 2 fully saturated rings. The van der Waals surface area contributed by atoms with Gasteiger partial charge < -0.3 is 4.90 Å². The zero-order valence-electron chi connectivity index (χ0n) is 15.4. The van der Waals surface area contributed by atoms with Crippen molar-refractivity contribution in [3.05, 3.63) is 71.8 Å². The summed E-state index contributed by atoms with van der Waals surface area (Å²) in [4.78, 5) is 17.6. The second-order valence-electron chi connectivity index (χ2n) is 7.74. The van der Waals surface area contributed by atoms with Gasteiger partial charge in [-0.05, 0) is 36.9 Å². The van der Waals surface area contributed by atoms with E-state index >= 15 is 0 Å². The van der Waals surface area contributed by atoms with Gasteiger partial charge in [-0.2, -0.15) is 0 Å². The van der Waals surface area contributed by atoms with Crippen molar-refractivity contribution in [2.45, 2.75) is 31.7 Å². The molecule has 3 heteroatoms. The monoisotopic (exact) mass is 348 g/mol. The molecule has 2 aromatic rings. The summed E-state index contributed by atoms with van der Waals surface area (Å²) in [7, 11) is 0. The lowest BCUT2D eigenvalue weighted by atomic mass is 9.96. The predicted molar refractivity (Wildman–Crippen MR) is 105 cm³/mol. The highest BCUT2D eigenvalue weighted by Crippen LogP contribution is 2.29. The van der Waals surface area contributed by atoms with E-state index in [1.165, 1.54) is 11.1 Å². The van der Waals surface area contributed by atoms with Gasteiger partial charge in [-0.25, -0.2) is 0 Å². The lowest BCUT2D eigenvalue weighted by Gasteiger charge is -2.34. The van der Waals surface area contributed by atoms with Crippen LogP contribution in [0.15, 0.2) is 60.7 Å². The molecule has 0 radical (unpaired) electrons. The lowest BCUT2D eigenvalue weighted by molar-refractivity contribution is -0.136. The van der Waals surface area contributed by atoms with Gasteiger partial charge >= 0.3 is 0 Å². The van der Waals surface area contributed by atoms with Crippen LogP contribution in [0.3, 0.4) is 0 Å². The maximum atomic E-state index is 13.1. The molecular weight excluding hydrogens is 320 g/mol. The predicted octanol–water partition coefficient (Wildman–Crippen LogP) is 3.91. The quantitative estimate of drug-likeness (QED) is 0.836. The first-order valence-corrected chi connectivity index (χ1v) is 9.89. The molecule has 0 aromatic heterocycles. The van der Waals surface area contributed by atoms with E-state index in [-0.39, 0.29) is 5.92 Å². The van der Waals surface area contributed by atoms with Crippen LogP contribution in [-0.2, 0) is 11.3 Å². The first-order valence-electron chi connectivity index (χ1n) is 9.89. The minimum Gasteiger partial charge on any atom is -0.342 e. The van der Waals surface area contributed by atoms with E-state index < -0.39 is 0 Å². The van der Waals surface area contributed by atoms with E-state index in [0.29, 0.717) is 11.8 Å². The molecule has 1 amide bonds. The van der Waals surface area contributed by atoms with E-state index in [4.69, 9.17) is 0 Å². The largest absolute Gasteiger partial charge is 0.342 e. The maximum Gasteiger partial charge on any atom is 0.226 e. The Balaban J connectivity index is 1.34. The maximum absolute atomic E-state index is 13.1. The highest BCUT2D eigenvalue weighted by Gasteiger charge is 2.33. The molecule has 0 spiro atoms. The Hall–Kier alpha value is -2.13. The fourth-order valence-electron chi connectivity index (χ4n) is 4.46. The third kappa shape index (κ3) is 3.99. The Morgan fingerprint density at radius 1 is 0.885 bits per heavy atom. The molecule has 2 aliphatic heterocycles. The molecular formula is C23H28N2O. The van der Waals surface area contributed by atoms with Crippen molar-refractivity contribution in [2.75, 3.05) is 26.2 Å². The van der Waals surface area contributed by atoms with Gasteiger partial charge in [-0.15, -0.1) is 0 Å². The van der Waals surface area contributed by atoms with E-state index in [0.717, 1.165) is 52.0 Å². The van der Waals surface area contributed by atoms with E-state index in [1.54, 1.807) is 0 Å². The summed E-state index contributed by atoms with van der Waals surface area (Å²) >= 11 is 0. The van der Waals surface area contributed by atoms with Crippen LogP contribution in [0.25, 0.3) is 0 Å². The summed E-state index contributed by atoms with van der Waals surface area (Å²) in [5, 5.41) is 0. The second-order valence-corrected chi connectivity index (χ2v) is 7.74. The molecule has 2 saturated heterocycles. The number of rotatable bonds is 4. The summed E-state index contributed by atoms with van der Waals surface area (Å²) in [6, 6.07) is 21.2. The van der Waals surface area contributed by atoms with Crippen LogP contribution in [0.4, 0.5) is 0 Å². The molecule has 2 heterocycles. The standard InChI is InChI=1S/C23H28N2O/c26-23(25-15-13-21(18-25)20-10-5-2-6-11-20)22-12-7-14-24(17-22)16-19-8-3-1-4-9-19/h1-6,8-11,21-22H,7,12-18H2/t21-,22+/m0/s1. The third-order valence-electron chi connectivity index (χ3n) is 5.87. The van der Waals surface area contributed by atoms with Crippen LogP contribution in [0.2, 0.25) is 0 Å². The Bertz CT molecular complexity index is 716. The Labute approximate surface area is 156 Å². The van der Waals surface area contributed by atoms with Crippen LogP contribution in [-0.4, -0.2) is 41.9 Å². The van der Waals surface area contributed by atoms with Gasteiger partial charge in [-0.1, -0.05) is 60.7 Å². The number of carbonyl (C=O) groups excluding carboxylic acids is 1. The van der Waals surface area contributed by atoms with E-state index in [9.17, 15) is 4.79 Å². The van der Waals surface area contributed by atoms with Crippen molar-refractivity contribution in [3.8, 4) is 0 Å². The zero-order chi connectivity index (χ0) is 17.8. The number of amides is 1. The fraction of sp³-hybridized carbons (Fsp3) is 0.435. The van der Waals surface area contributed by atoms with Gasteiger partial charge in [0, 0.05) is 32.1 Å². The van der Waals surface area contributed by atoms with Crippen molar-refractivity contribution in [1.29, 1.82) is 0 Å². The lowest BCUT2D eigenvalue weighted by Crippen LogP contribution is -2.43. The second kappa shape index (κ2) is 8.05. The van der Waals surface area contributed by atoms with Gasteiger partial charge in [0.25, 0.3) is 0 Å². The Morgan fingerprint density at radius 3 is 2.38 bits per heavy atom. The highest BCUT2D eigenvalue weighted by molar-refractivity contribution is 5.79. The number of hydrogen-bond acceptors (Lipinski definition) is 2. The van der Waals surface area contributed by atoms with Crippen molar-refractivity contribution >= 4 is 5.91 Å². The van der Waals surface area contributed by atoms with Crippen LogP contribution in [0.1, 0.15) is 36.3 Å². The summed E-state index contributed by atoms with van der Waals surface area (Å²) < 4.78 is 0. The van der Waals surface area contributed by atoms with Crippen LogP contribution in [0.5, 0.6) is 0 Å². The van der Waals surface area contributed by atoms with Gasteiger partial charge in [0.1, 0.15) is 0 Å². The van der Waals surface area contributed by atoms with Crippen LogP contribution >= 0.6 is 0 Å². The van der Waals surface area contributed by atoms with Crippen molar-refractivity contribution < 1.29 is 4.79 Å². The van der Waals surface area contributed by atoms with Crippen molar-refractivity contribution in [3.63, 3.8) is 0 Å². The third-order valence-corrected chi connectivity index (χ3v) is 5.87. The molecule has 4 rings (SSSR count). The number of nitrogens with zero attached hydrogens (tertiary/aromatic N) is 2. The first-order chi connectivity index (χ1) is 12.8. The number of likely N-dealkylation sites (tertiary alicyclic amines) is 2. The fourth-order valence-corrected chi connectivity index (χ4v) is 4.46. The molecule has 2 atom stereocenters. The Morgan fingerprint density at radius 2 is 1.62 bits per heavy atom. The van der Waals surface area contributed by atoms with Gasteiger partial charge in [-0.3, -0.25) is 9.69 Å². The summed E-state index contributed by atoms with van der Waals surface area (Å²) in [6.07, 6.45) is 3.26. The molecule has 0 aliphatic carbocycles. The van der Waals surface area contributed by atoms with Crippen molar-refractivity contribution in [1.82, 2.24) is 9.80 Å². The molecule has 0 saturated carbocycles. The number of benzene rings is 2. The van der Waals surface area contributed by atoms with Crippen LogP contribution < -0.4 is 0 Å². The minimum absolute atomic E-state index is 0.169. The highest BCUT2D eigenvalue weighted by atomic mass is 16.2. The summed E-state index contributed by atoms with van der Waals surface area (Å²) in [6.45, 7) is 4.76. The molecule has 0 N–H and O–H groups in total. The average molecular weight is 348 g/mol. The summed E-state index contributed by atoms with van der Waals surface area (Å²) in [5.74, 6) is 1.05. The topological polar surface area (TPSA) is 23.6 Å². The average Bonchev–Trinajstić information content (AvgIpc) is 3.19. The minimum atomic E-state index is 0.169. The molecule has 136 valence electrons. The number of hydrogen-bond donors (Lipinski definition) is 0. The smallest absolute Gasteiger partial charge is 0.226 e. The SMILES string of the molecule is O=C([C@@H]1CCCN(Cc2ccccc2)C1)N1CC[C@H](c2ccccc2)C1. The van der Waals surface area contributed by atoms with E-state index in [2.05, 4.69) is 70.5 Å².